The second kappa shape index (κ2) is 3.80. The number of hydrogen-bond acceptors (Lipinski definition) is 2. The number of benzene rings is 1. The Labute approximate surface area is 98.7 Å². The lowest BCUT2D eigenvalue weighted by atomic mass is 9.86. The van der Waals surface area contributed by atoms with Gasteiger partial charge in [0.05, 0.1) is 11.1 Å². The van der Waals surface area contributed by atoms with Crippen LogP contribution in [0.25, 0.3) is 0 Å². The first-order valence-corrected chi connectivity index (χ1v) is 5.81. The smallest absolute Gasteiger partial charge is 0.189 e. The molecular weight excluding hydrogens is 256 g/mol. The lowest BCUT2D eigenvalue weighted by Gasteiger charge is -2.24. The van der Waals surface area contributed by atoms with Gasteiger partial charge in [0.2, 0.25) is 0 Å². The average molecular weight is 271 g/mol. The number of halogens is 1. The van der Waals surface area contributed by atoms with Crippen LogP contribution in [0.1, 0.15) is 31.9 Å². The molecule has 0 fully saturated rings. The Morgan fingerprint density at radius 2 is 2.00 bits per heavy atom. The SMILES string of the molecule is CC(C)(C)c1cc(Br)c2c(c1)COCO2. The van der Waals surface area contributed by atoms with Crippen molar-refractivity contribution < 1.29 is 9.47 Å². The molecule has 1 aliphatic rings. The van der Waals surface area contributed by atoms with Gasteiger partial charge in [-0.2, -0.15) is 0 Å². The Bertz CT molecular complexity index is 380. The largest absolute Gasteiger partial charge is 0.466 e. The molecule has 1 aromatic carbocycles. The van der Waals surface area contributed by atoms with Crippen molar-refractivity contribution in [1.29, 1.82) is 0 Å². The Morgan fingerprint density at radius 1 is 1.27 bits per heavy atom. The highest BCUT2D eigenvalue weighted by Gasteiger charge is 2.20. The molecule has 0 aromatic heterocycles. The fourth-order valence-corrected chi connectivity index (χ4v) is 2.22. The lowest BCUT2D eigenvalue weighted by molar-refractivity contribution is -0.0170. The Hall–Kier alpha value is -0.540. The standard InChI is InChI=1S/C12H15BrO2/c1-12(2,3)9-4-8-6-14-7-15-11(8)10(13)5-9/h4-5H,6-7H2,1-3H3. The van der Waals surface area contributed by atoms with E-state index in [1.165, 1.54) is 5.56 Å². The first-order valence-electron chi connectivity index (χ1n) is 5.02. The zero-order valence-corrected chi connectivity index (χ0v) is 10.8. The van der Waals surface area contributed by atoms with Gasteiger partial charge in [0.25, 0.3) is 0 Å². The molecule has 0 saturated heterocycles. The third-order valence-electron chi connectivity index (χ3n) is 2.53. The van der Waals surface area contributed by atoms with Gasteiger partial charge in [-0.3, -0.25) is 0 Å². The molecule has 0 spiro atoms. The molecule has 0 radical (unpaired) electrons. The van der Waals surface area contributed by atoms with E-state index in [1.54, 1.807) is 0 Å². The van der Waals surface area contributed by atoms with E-state index < -0.39 is 0 Å². The van der Waals surface area contributed by atoms with Gasteiger partial charge in [-0.05, 0) is 39.0 Å². The van der Waals surface area contributed by atoms with Gasteiger partial charge in [-0.25, -0.2) is 0 Å². The van der Waals surface area contributed by atoms with Gasteiger partial charge < -0.3 is 9.47 Å². The summed E-state index contributed by atoms with van der Waals surface area (Å²) in [7, 11) is 0. The number of hydrogen-bond donors (Lipinski definition) is 0. The summed E-state index contributed by atoms with van der Waals surface area (Å²) in [6, 6.07) is 4.30. The third-order valence-corrected chi connectivity index (χ3v) is 3.12. The van der Waals surface area contributed by atoms with Crippen LogP contribution in [-0.2, 0) is 16.8 Å². The van der Waals surface area contributed by atoms with Crippen molar-refractivity contribution in [3.05, 3.63) is 27.7 Å². The van der Waals surface area contributed by atoms with E-state index in [0.29, 0.717) is 13.4 Å². The molecule has 1 aliphatic heterocycles. The van der Waals surface area contributed by atoms with Crippen molar-refractivity contribution >= 4 is 15.9 Å². The van der Waals surface area contributed by atoms with Crippen molar-refractivity contribution in [3.8, 4) is 5.75 Å². The van der Waals surface area contributed by atoms with E-state index in [9.17, 15) is 0 Å². The van der Waals surface area contributed by atoms with Crippen LogP contribution >= 0.6 is 15.9 Å². The molecule has 0 unspecified atom stereocenters. The van der Waals surface area contributed by atoms with Crippen molar-refractivity contribution in [3.63, 3.8) is 0 Å². The van der Waals surface area contributed by atoms with Crippen LogP contribution in [0.4, 0.5) is 0 Å². The minimum Gasteiger partial charge on any atom is -0.466 e. The normalized spacial score (nSPS) is 15.7. The topological polar surface area (TPSA) is 18.5 Å². The summed E-state index contributed by atoms with van der Waals surface area (Å²) < 4.78 is 11.7. The highest BCUT2D eigenvalue weighted by atomic mass is 79.9. The maximum atomic E-state index is 5.45. The van der Waals surface area contributed by atoms with Crippen LogP contribution in [0.5, 0.6) is 5.75 Å². The van der Waals surface area contributed by atoms with E-state index in [0.717, 1.165) is 15.8 Å². The van der Waals surface area contributed by atoms with Crippen molar-refractivity contribution in [2.75, 3.05) is 6.79 Å². The molecule has 1 aromatic rings. The molecule has 15 heavy (non-hydrogen) atoms. The van der Waals surface area contributed by atoms with Crippen molar-refractivity contribution in [2.45, 2.75) is 32.8 Å². The first-order chi connectivity index (χ1) is 6.98. The summed E-state index contributed by atoms with van der Waals surface area (Å²) in [5.41, 5.74) is 2.57. The van der Waals surface area contributed by atoms with Crippen LogP contribution in [-0.4, -0.2) is 6.79 Å². The summed E-state index contributed by atoms with van der Waals surface area (Å²) in [5, 5.41) is 0. The van der Waals surface area contributed by atoms with E-state index >= 15 is 0 Å². The summed E-state index contributed by atoms with van der Waals surface area (Å²) in [6.07, 6.45) is 0. The van der Waals surface area contributed by atoms with Crippen molar-refractivity contribution in [2.24, 2.45) is 0 Å². The van der Waals surface area contributed by atoms with Crippen LogP contribution in [0.2, 0.25) is 0 Å². The molecule has 2 rings (SSSR count). The van der Waals surface area contributed by atoms with Gasteiger partial charge in [-0.1, -0.05) is 20.8 Å². The predicted molar refractivity (Wildman–Crippen MR) is 63.1 cm³/mol. The van der Waals surface area contributed by atoms with Crippen molar-refractivity contribution in [1.82, 2.24) is 0 Å². The molecule has 0 bridgehead atoms. The van der Waals surface area contributed by atoms with Gasteiger partial charge in [-0.15, -0.1) is 0 Å². The monoisotopic (exact) mass is 270 g/mol. The number of ether oxygens (including phenoxy) is 2. The van der Waals surface area contributed by atoms with Crippen LogP contribution in [0, 0.1) is 0 Å². The predicted octanol–water partition coefficient (Wildman–Crippen LogP) is 3.61. The fourth-order valence-electron chi connectivity index (χ4n) is 1.60. The molecule has 2 nitrogen and oxygen atoms in total. The van der Waals surface area contributed by atoms with E-state index in [2.05, 4.69) is 48.8 Å². The molecular formula is C12H15BrO2. The summed E-state index contributed by atoms with van der Waals surface area (Å²) in [6.45, 7) is 7.58. The van der Waals surface area contributed by atoms with Crippen LogP contribution in [0.3, 0.4) is 0 Å². The van der Waals surface area contributed by atoms with Gasteiger partial charge in [0.1, 0.15) is 5.75 Å². The van der Waals surface area contributed by atoms with E-state index in [4.69, 9.17) is 9.47 Å². The molecule has 3 heteroatoms. The molecule has 0 N–H and O–H groups in total. The molecule has 0 aliphatic carbocycles. The average Bonchev–Trinajstić information content (AvgIpc) is 2.16. The second-order valence-electron chi connectivity index (χ2n) is 4.81. The Balaban J connectivity index is 2.50. The highest BCUT2D eigenvalue weighted by molar-refractivity contribution is 9.10. The molecule has 0 atom stereocenters. The van der Waals surface area contributed by atoms with Gasteiger partial charge in [0.15, 0.2) is 6.79 Å². The lowest BCUT2D eigenvalue weighted by Crippen LogP contribution is -2.16. The van der Waals surface area contributed by atoms with Gasteiger partial charge >= 0.3 is 0 Å². The minimum absolute atomic E-state index is 0.148. The summed E-state index contributed by atoms with van der Waals surface area (Å²) >= 11 is 3.54. The zero-order valence-electron chi connectivity index (χ0n) is 9.26. The highest BCUT2D eigenvalue weighted by Crippen LogP contribution is 2.36. The third kappa shape index (κ3) is 2.18. The van der Waals surface area contributed by atoms with Crippen LogP contribution < -0.4 is 4.74 Å². The maximum absolute atomic E-state index is 5.45. The maximum Gasteiger partial charge on any atom is 0.189 e. The van der Waals surface area contributed by atoms with Gasteiger partial charge in [0, 0.05) is 5.56 Å². The van der Waals surface area contributed by atoms with Crippen LogP contribution in [0.15, 0.2) is 16.6 Å². The van der Waals surface area contributed by atoms with E-state index in [-0.39, 0.29) is 5.41 Å². The first kappa shape index (κ1) is 11.0. The quantitative estimate of drug-likeness (QED) is 0.717. The number of rotatable bonds is 0. The minimum atomic E-state index is 0.148. The zero-order chi connectivity index (χ0) is 11.1. The Kier molecular flexibility index (Phi) is 2.77. The Morgan fingerprint density at radius 3 is 2.67 bits per heavy atom. The fraction of sp³-hybridized carbons (Fsp3) is 0.500. The van der Waals surface area contributed by atoms with E-state index in [1.807, 2.05) is 0 Å². The molecule has 0 amide bonds. The molecule has 0 saturated carbocycles. The number of fused-ring (bicyclic) bond motifs is 1. The summed E-state index contributed by atoms with van der Waals surface area (Å²) in [4.78, 5) is 0. The summed E-state index contributed by atoms with van der Waals surface area (Å²) in [5.74, 6) is 0.925. The molecule has 1 heterocycles. The second-order valence-corrected chi connectivity index (χ2v) is 5.66. The molecule has 82 valence electrons.